The molecule has 2 saturated heterocycles. The van der Waals surface area contributed by atoms with Gasteiger partial charge in [-0.15, -0.1) is 0 Å². The molecule has 0 radical (unpaired) electrons. The van der Waals surface area contributed by atoms with Gasteiger partial charge < -0.3 is 10.1 Å². The number of aromatic nitrogens is 2. The first-order valence-electron chi connectivity index (χ1n) is 9.94. The van der Waals surface area contributed by atoms with Gasteiger partial charge in [-0.1, -0.05) is 11.6 Å². The number of fused-ring (bicyclic) bond motifs is 3. The number of hydrogen-bond acceptors (Lipinski definition) is 4. The summed E-state index contributed by atoms with van der Waals surface area (Å²) in [7, 11) is 0. The second-order valence-corrected chi connectivity index (χ2v) is 7.92. The number of carbonyl (C=O) groups excluding carboxylic acids is 1. The van der Waals surface area contributed by atoms with Crippen LogP contribution in [0.25, 0.3) is 22.2 Å². The van der Waals surface area contributed by atoms with Crippen molar-refractivity contribution in [1.82, 2.24) is 15.3 Å². The number of aryl methyl sites for hydroxylation is 1. The summed E-state index contributed by atoms with van der Waals surface area (Å²) in [5, 5.41) is 4.15. The Labute approximate surface area is 164 Å². The lowest BCUT2D eigenvalue weighted by Crippen LogP contribution is -2.42. The number of nitrogens with zero attached hydrogens (tertiary/aromatic N) is 2. The highest BCUT2D eigenvalue weighted by molar-refractivity contribution is 6.07. The van der Waals surface area contributed by atoms with Crippen LogP contribution in [-0.2, 0) is 4.74 Å². The molecule has 3 aromatic rings. The molecule has 5 nitrogen and oxygen atoms in total. The van der Waals surface area contributed by atoms with Gasteiger partial charge in [0.15, 0.2) is 0 Å². The van der Waals surface area contributed by atoms with Gasteiger partial charge >= 0.3 is 0 Å². The van der Waals surface area contributed by atoms with Crippen molar-refractivity contribution in [3.05, 3.63) is 59.9 Å². The van der Waals surface area contributed by atoms with Gasteiger partial charge in [0.25, 0.3) is 5.91 Å². The number of pyridine rings is 2. The fourth-order valence-electron chi connectivity index (χ4n) is 4.43. The molecule has 0 aliphatic carbocycles. The molecule has 0 saturated carbocycles. The first kappa shape index (κ1) is 17.3. The first-order valence-corrected chi connectivity index (χ1v) is 9.94. The highest BCUT2D eigenvalue weighted by atomic mass is 16.5. The number of carbonyl (C=O) groups is 1. The number of benzene rings is 1. The van der Waals surface area contributed by atoms with Gasteiger partial charge in [0.1, 0.15) is 0 Å². The van der Waals surface area contributed by atoms with E-state index in [1.54, 1.807) is 12.4 Å². The van der Waals surface area contributed by atoms with Gasteiger partial charge in [0.05, 0.1) is 29.0 Å². The summed E-state index contributed by atoms with van der Waals surface area (Å²) in [6, 6.07) is 12.0. The van der Waals surface area contributed by atoms with E-state index in [4.69, 9.17) is 9.72 Å². The second-order valence-electron chi connectivity index (χ2n) is 7.92. The molecule has 5 rings (SSSR count). The van der Waals surface area contributed by atoms with Crippen LogP contribution in [0.5, 0.6) is 0 Å². The van der Waals surface area contributed by atoms with Gasteiger partial charge in [-0.05, 0) is 62.9 Å². The minimum absolute atomic E-state index is 0.0329. The molecule has 2 bridgehead atoms. The highest BCUT2D eigenvalue weighted by Crippen LogP contribution is 2.33. The third-order valence-corrected chi connectivity index (χ3v) is 5.79. The maximum atomic E-state index is 13.3. The van der Waals surface area contributed by atoms with Crippen LogP contribution >= 0.6 is 0 Å². The van der Waals surface area contributed by atoms with Crippen molar-refractivity contribution in [2.75, 3.05) is 0 Å². The van der Waals surface area contributed by atoms with E-state index in [0.29, 0.717) is 17.8 Å². The zero-order valence-corrected chi connectivity index (χ0v) is 15.9. The van der Waals surface area contributed by atoms with Gasteiger partial charge in [-0.2, -0.15) is 0 Å². The number of ether oxygens (including phenoxy) is 1. The fraction of sp³-hybridized carbons (Fsp3) is 0.348. The van der Waals surface area contributed by atoms with Crippen molar-refractivity contribution in [1.29, 1.82) is 0 Å². The molecule has 1 amide bonds. The molecule has 2 aliphatic heterocycles. The Hall–Kier alpha value is -2.79. The van der Waals surface area contributed by atoms with Crippen molar-refractivity contribution in [3.63, 3.8) is 0 Å². The predicted molar refractivity (Wildman–Crippen MR) is 108 cm³/mol. The summed E-state index contributed by atoms with van der Waals surface area (Å²) in [6.07, 6.45) is 8.14. The van der Waals surface area contributed by atoms with E-state index in [2.05, 4.69) is 10.3 Å². The summed E-state index contributed by atoms with van der Waals surface area (Å²) >= 11 is 0. The average Bonchev–Trinajstić information content (AvgIpc) is 3.06. The first-order chi connectivity index (χ1) is 13.7. The Kier molecular flexibility index (Phi) is 4.32. The zero-order chi connectivity index (χ0) is 19.1. The molecule has 5 heteroatoms. The Balaban J connectivity index is 1.53. The zero-order valence-electron chi connectivity index (χ0n) is 15.9. The minimum Gasteiger partial charge on any atom is -0.375 e. The smallest absolute Gasteiger partial charge is 0.252 e. The minimum atomic E-state index is -0.0329. The van der Waals surface area contributed by atoms with E-state index < -0.39 is 0 Å². The van der Waals surface area contributed by atoms with Gasteiger partial charge in [0.2, 0.25) is 0 Å². The van der Waals surface area contributed by atoms with Crippen molar-refractivity contribution in [2.45, 2.75) is 50.9 Å². The van der Waals surface area contributed by atoms with Crippen LogP contribution in [0.15, 0.2) is 48.8 Å². The van der Waals surface area contributed by atoms with Crippen LogP contribution in [0.1, 0.15) is 41.6 Å². The summed E-state index contributed by atoms with van der Waals surface area (Å²) in [5.74, 6) is -0.0329. The Morgan fingerprint density at radius 2 is 1.96 bits per heavy atom. The molecule has 2 aliphatic rings. The summed E-state index contributed by atoms with van der Waals surface area (Å²) in [6.45, 7) is 2.03. The SMILES string of the molecule is Cc1ccc2nc(-c3cccnc3)cc(C(=O)NC3CC4CCC(C3)O4)c2c1. The highest BCUT2D eigenvalue weighted by Gasteiger charge is 2.35. The lowest BCUT2D eigenvalue weighted by molar-refractivity contribution is -0.00773. The number of rotatable bonds is 3. The van der Waals surface area contributed by atoms with E-state index in [0.717, 1.165) is 53.4 Å². The molecule has 2 aromatic heterocycles. The number of nitrogens with one attached hydrogen (secondary N) is 1. The van der Waals surface area contributed by atoms with Crippen LogP contribution in [0.4, 0.5) is 0 Å². The normalized spacial score (nSPS) is 23.7. The standard InChI is InChI=1S/C23H23N3O2/c1-14-4-7-21-19(9-14)20(12-22(26-21)15-3-2-8-24-13-15)23(27)25-16-10-17-5-6-18(11-16)28-17/h2-4,7-9,12-13,16-18H,5-6,10-11H2,1H3,(H,25,27). The van der Waals surface area contributed by atoms with E-state index in [1.807, 2.05) is 43.3 Å². The van der Waals surface area contributed by atoms with Gasteiger partial charge in [-0.25, -0.2) is 4.98 Å². The molecule has 1 N–H and O–H groups in total. The van der Waals surface area contributed by atoms with Crippen molar-refractivity contribution < 1.29 is 9.53 Å². The summed E-state index contributed by atoms with van der Waals surface area (Å²) < 4.78 is 5.91. The van der Waals surface area contributed by atoms with Crippen LogP contribution in [0.3, 0.4) is 0 Å². The summed E-state index contributed by atoms with van der Waals surface area (Å²) in [5.41, 5.74) is 4.28. The van der Waals surface area contributed by atoms with Crippen molar-refractivity contribution in [2.24, 2.45) is 0 Å². The fourth-order valence-corrected chi connectivity index (χ4v) is 4.43. The van der Waals surface area contributed by atoms with Crippen LogP contribution in [0, 0.1) is 6.92 Å². The van der Waals surface area contributed by atoms with Gasteiger partial charge in [-0.3, -0.25) is 9.78 Å². The van der Waals surface area contributed by atoms with Crippen molar-refractivity contribution in [3.8, 4) is 11.3 Å². The van der Waals surface area contributed by atoms with Crippen LogP contribution < -0.4 is 5.32 Å². The van der Waals surface area contributed by atoms with E-state index >= 15 is 0 Å². The van der Waals surface area contributed by atoms with E-state index in [-0.39, 0.29) is 11.9 Å². The lowest BCUT2D eigenvalue weighted by atomic mass is 10.0. The molecule has 142 valence electrons. The molecular formula is C23H23N3O2. The molecule has 2 fully saturated rings. The Morgan fingerprint density at radius 3 is 2.71 bits per heavy atom. The largest absolute Gasteiger partial charge is 0.375 e. The lowest BCUT2D eigenvalue weighted by Gasteiger charge is -2.29. The van der Waals surface area contributed by atoms with Gasteiger partial charge in [0, 0.05) is 29.4 Å². The predicted octanol–water partition coefficient (Wildman–Crippen LogP) is 4.05. The quantitative estimate of drug-likeness (QED) is 0.752. The molecule has 2 unspecified atom stereocenters. The number of hydrogen-bond donors (Lipinski definition) is 1. The third kappa shape index (κ3) is 3.27. The van der Waals surface area contributed by atoms with Crippen LogP contribution in [-0.4, -0.2) is 34.1 Å². The molecule has 2 atom stereocenters. The van der Waals surface area contributed by atoms with Crippen LogP contribution in [0.2, 0.25) is 0 Å². The van der Waals surface area contributed by atoms with Crippen molar-refractivity contribution >= 4 is 16.8 Å². The third-order valence-electron chi connectivity index (χ3n) is 5.79. The van der Waals surface area contributed by atoms with E-state index in [9.17, 15) is 4.79 Å². The average molecular weight is 373 g/mol. The molecule has 4 heterocycles. The summed E-state index contributed by atoms with van der Waals surface area (Å²) in [4.78, 5) is 22.2. The molecule has 1 aromatic carbocycles. The molecule has 0 spiro atoms. The Morgan fingerprint density at radius 1 is 1.14 bits per heavy atom. The Bertz CT molecular complexity index is 1020. The number of amides is 1. The van der Waals surface area contributed by atoms with E-state index in [1.165, 1.54) is 0 Å². The maximum Gasteiger partial charge on any atom is 0.252 e. The second kappa shape index (κ2) is 6.99. The molecular weight excluding hydrogens is 350 g/mol. The maximum absolute atomic E-state index is 13.3. The topological polar surface area (TPSA) is 64.1 Å². The molecule has 28 heavy (non-hydrogen) atoms. The monoisotopic (exact) mass is 373 g/mol.